The van der Waals surface area contributed by atoms with Gasteiger partial charge in [-0.1, -0.05) is 20.3 Å². The summed E-state index contributed by atoms with van der Waals surface area (Å²) in [7, 11) is 0. The van der Waals surface area contributed by atoms with E-state index in [2.05, 4.69) is 15.3 Å². The Hall–Kier alpha value is -1.36. The minimum Gasteiger partial charge on any atom is -0.348 e. The average molecular weight is 210 g/mol. The molecule has 1 aromatic rings. The van der Waals surface area contributed by atoms with Crippen molar-refractivity contribution in [1.29, 1.82) is 0 Å². The summed E-state index contributed by atoms with van der Waals surface area (Å²) in [5.74, 6) is 0.807. The molecule has 1 amide bonds. The minimum atomic E-state index is -0.440. The monoisotopic (exact) mass is 210 g/mol. The molecule has 0 aliphatic heterocycles. The zero-order chi connectivity index (χ0) is 11.3. The maximum atomic E-state index is 11.6. The summed E-state index contributed by atoms with van der Waals surface area (Å²) in [6, 6.07) is -0.440. The van der Waals surface area contributed by atoms with E-state index >= 15 is 0 Å². The Morgan fingerprint density at radius 3 is 3.00 bits per heavy atom. The van der Waals surface area contributed by atoms with Gasteiger partial charge in [0.2, 0.25) is 5.91 Å². The molecule has 1 heterocycles. The first-order valence-electron chi connectivity index (χ1n) is 5.16. The molecule has 0 saturated heterocycles. The summed E-state index contributed by atoms with van der Waals surface area (Å²) in [6.07, 6.45) is 4.27. The van der Waals surface area contributed by atoms with Crippen LogP contribution in [0.4, 0.5) is 0 Å². The first-order valence-corrected chi connectivity index (χ1v) is 5.16. The SMILES string of the molecule is CCC(C)C(N)C(=O)NCc1ncc[nH]1. The number of nitrogens with one attached hydrogen (secondary N) is 2. The highest BCUT2D eigenvalue weighted by Gasteiger charge is 2.18. The van der Waals surface area contributed by atoms with E-state index in [0.29, 0.717) is 6.54 Å². The lowest BCUT2D eigenvalue weighted by Crippen LogP contribution is -2.44. The average Bonchev–Trinajstić information content (AvgIpc) is 2.76. The van der Waals surface area contributed by atoms with Crippen LogP contribution in [0.25, 0.3) is 0 Å². The van der Waals surface area contributed by atoms with E-state index in [-0.39, 0.29) is 11.8 Å². The molecule has 1 aromatic heterocycles. The Morgan fingerprint density at radius 2 is 2.47 bits per heavy atom. The van der Waals surface area contributed by atoms with Crippen LogP contribution in [-0.4, -0.2) is 21.9 Å². The molecule has 0 aliphatic rings. The van der Waals surface area contributed by atoms with Gasteiger partial charge in [-0.3, -0.25) is 4.79 Å². The first kappa shape index (κ1) is 11.7. The molecular weight excluding hydrogens is 192 g/mol. The third-order valence-electron chi connectivity index (χ3n) is 2.54. The van der Waals surface area contributed by atoms with Crippen LogP contribution in [0.3, 0.4) is 0 Å². The normalized spacial score (nSPS) is 14.6. The third-order valence-corrected chi connectivity index (χ3v) is 2.54. The molecule has 0 radical (unpaired) electrons. The first-order chi connectivity index (χ1) is 7.15. The minimum absolute atomic E-state index is 0.124. The number of aromatic nitrogens is 2. The number of aromatic amines is 1. The highest BCUT2D eigenvalue weighted by atomic mass is 16.2. The van der Waals surface area contributed by atoms with Gasteiger partial charge in [0.15, 0.2) is 0 Å². The summed E-state index contributed by atoms with van der Waals surface area (Å²) in [4.78, 5) is 18.5. The molecule has 0 aromatic carbocycles. The van der Waals surface area contributed by atoms with Crippen LogP contribution in [0.5, 0.6) is 0 Å². The van der Waals surface area contributed by atoms with E-state index in [4.69, 9.17) is 5.73 Å². The quantitative estimate of drug-likeness (QED) is 0.657. The van der Waals surface area contributed by atoms with Crippen LogP contribution in [0, 0.1) is 5.92 Å². The Labute approximate surface area is 89.5 Å². The highest BCUT2D eigenvalue weighted by molar-refractivity contribution is 5.81. The lowest BCUT2D eigenvalue weighted by Gasteiger charge is -2.17. The zero-order valence-corrected chi connectivity index (χ0v) is 9.16. The number of H-pyrrole nitrogens is 1. The van der Waals surface area contributed by atoms with Gasteiger partial charge in [0.1, 0.15) is 5.82 Å². The Bertz CT molecular complexity index is 296. The second-order valence-electron chi connectivity index (χ2n) is 3.66. The number of hydrogen-bond donors (Lipinski definition) is 3. The van der Waals surface area contributed by atoms with Crippen molar-refractivity contribution in [2.75, 3.05) is 0 Å². The van der Waals surface area contributed by atoms with Crippen LogP contribution in [0.1, 0.15) is 26.1 Å². The van der Waals surface area contributed by atoms with Crippen molar-refractivity contribution >= 4 is 5.91 Å². The summed E-state index contributed by atoms with van der Waals surface area (Å²) in [5, 5.41) is 2.74. The Morgan fingerprint density at radius 1 is 1.73 bits per heavy atom. The molecule has 15 heavy (non-hydrogen) atoms. The summed E-state index contributed by atoms with van der Waals surface area (Å²) in [5.41, 5.74) is 5.77. The predicted octanol–water partition coefficient (Wildman–Crippen LogP) is 0.399. The van der Waals surface area contributed by atoms with E-state index < -0.39 is 6.04 Å². The molecule has 2 unspecified atom stereocenters. The smallest absolute Gasteiger partial charge is 0.237 e. The van der Waals surface area contributed by atoms with E-state index in [0.717, 1.165) is 12.2 Å². The Balaban J connectivity index is 2.36. The van der Waals surface area contributed by atoms with Gasteiger partial charge in [-0.15, -0.1) is 0 Å². The summed E-state index contributed by atoms with van der Waals surface area (Å²) >= 11 is 0. The summed E-state index contributed by atoms with van der Waals surface area (Å²) in [6.45, 7) is 4.39. The van der Waals surface area contributed by atoms with Gasteiger partial charge in [0, 0.05) is 12.4 Å². The largest absolute Gasteiger partial charge is 0.348 e. The molecule has 0 fully saturated rings. The molecule has 0 aliphatic carbocycles. The van der Waals surface area contributed by atoms with Gasteiger partial charge in [-0.2, -0.15) is 0 Å². The molecule has 5 nitrogen and oxygen atoms in total. The number of hydrogen-bond acceptors (Lipinski definition) is 3. The van der Waals surface area contributed by atoms with E-state index in [1.807, 2.05) is 13.8 Å². The molecule has 5 heteroatoms. The van der Waals surface area contributed by atoms with Gasteiger partial charge in [-0.25, -0.2) is 4.98 Å². The lowest BCUT2D eigenvalue weighted by atomic mass is 9.99. The van der Waals surface area contributed by atoms with Crippen molar-refractivity contribution in [3.05, 3.63) is 18.2 Å². The second kappa shape index (κ2) is 5.50. The van der Waals surface area contributed by atoms with E-state index in [1.165, 1.54) is 0 Å². The fraction of sp³-hybridized carbons (Fsp3) is 0.600. The highest BCUT2D eigenvalue weighted by Crippen LogP contribution is 2.05. The van der Waals surface area contributed by atoms with E-state index in [9.17, 15) is 4.79 Å². The maximum Gasteiger partial charge on any atom is 0.237 e. The number of amides is 1. The van der Waals surface area contributed by atoms with Gasteiger partial charge in [0.25, 0.3) is 0 Å². The summed E-state index contributed by atoms with van der Waals surface area (Å²) < 4.78 is 0. The fourth-order valence-electron chi connectivity index (χ4n) is 1.20. The number of carbonyl (C=O) groups is 1. The Kier molecular flexibility index (Phi) is 4.30. The van der Waals surface area contributed by atoms with Crippen molar-refractivity contribution in [3.8, 4) is 0 Å². The van der Waals surface area contributed by atoms with Crippen molar-refractivity contribution in [2.24, 2.45) is 11.7 Å². The fourth-order valence-corrected chi connectivity index (χ4v) is 1.20. The molecule has 1 rings (SSSR count). The number of imidazole rings is 1. The van der Waals surface area contributed by atoms with Crippen molar-refractivity contribution in [1.82, 2.24) is 15.3 Å². The maximum absolute atomic E-state index is 11.6. The van der Waals surface area contributed by atoms with Gasteiger partial charge >= 0.3 is 0 Å². The van der Waals surface area contributed by atoms with Crippen LogP contribution in [-0.2, 0) is 11.3 Å². The van der Waals surface area contributed by atoms with Crippen LogP contribution >= 0.6 is 0 Å². The molecule has 2 atom stereocenters. The predicted molar refractivity (Wildman–Crippen MR) is 57.9 cm³/mol. The number of rotatable bonds is 5. The molecular formula is C10H18N4O. The van der Waals surface area contributed by atoms with E-state index in [1.54, 1.807) is 12.4 Å². The molecule has 4 N–H and O–H groups in total. The standard InChI is InChI=1S/C10H18N4O/c1-3-7(2)9(11)10(15)14-6-8-12-4-5-13-8/h4-5,7,9H,3,6,11H2,1-2H3,(H,12,13)(H,14,15). The molecule has 0 bridgehead atoms. The molecule has 84 valence electrons. The van der Waals surface area contributed by atoms with Crippen molar-refractivity contribution in [2.45, 2.75) is 32.9 Å². The number of nitrogens with zero attached hydrogens (tertiary/aromatic N) is 1. The number of nitrogens with two attached hydrogens (primary N) is 1. The lowest BCUT2D eigenvalue weighted by molar-refractivity contribution is -0.123. The van der Waals surface area contributed by atoms with Crippen LogP contribution < -0.4 is 11.1 Å². The van der Waals surface area contributed by atoms with Gasteiger partial charge in [-0.05, 0) is 5.92 Å². The van der Waals surface area contributed by atoms with Crippen molar-refractivity contribution in [3.63, 3.8) is 0 Å². The van der Waals surface area contributed by atoms with Crippen molar-refractivity contribution < 1.29 is 4.79 Å². The second-order valence-corrected chi connectivity index (χ2v) is 3.66. The molecule has 0 saturated carbocycles. The van der Waals surface area contributed by atoms with Gasteiger partial charge in [0.05, 0.1) is 12.6 Å². The van der Waals surface area contributed by atoms with Crippen LogP contribution in [0.2, 0.25) is 0 Å². The third kappa shape index (κ3) is 3.36. The zero-order valence-electron chi connectivity index (χ0n) is 9.16. The number of carbonyl (C=O) groups excluding carboxylic acids is 1. The van der Waals surface area contributed by atoms with Crippen LogP contribution in [0.15, 0.2) is 12.4 Å². The topological polar surface area (TPSA) is 83.8 Å². The molecule has 0 spiro atoms. The van der Waals surface area contributed by atoms with Gasteiger partial charge < -0.3 is 16.0 Å².